The monoisotopic (exact) mass is 404 g/mol. The molecule has 0 aromatic heterocycles. The lowest BCUT2D eigenvalue weighted by molar-refractivity contribution is -0.138. The molecule has 2 heterocycles. The number of amides is 2. The third-order valence-corrected chi connectivity index (χ3v) is 5.29. The SMILES string of the molecule is O=C(COCC(=O)N1CCN(c2ccccc2)CC1)NCCCN1CCOCC1. The molecule has 160 valence electrons. The van der Waals surface area contributed by atoms with Crippen molar-refractivity contribution in [3.05, 3.63) is 30.3 Å². The molecule has 0 saturated carbocycles. The maximum atomic E-state index is 12.3. The summed E-state index contributed by atoms with van der Waals surface area (Å²) in [4.78, 5) is 30.6. The lowest BCUT2D eigenvalue weighted by Crippen LogP contribution is -2.50. The van der Waals surface area contributed by atoms with Crippen molar-refractivity contribution < 1.29 is 19.1 Å². The molecule has 0 spiro atoms. The van der Waals surface area contributed by atoms with Crippen LogP contribution in [0.15, 0.2) is 30.3 Å². The van der Waals surface area contributed by atoms with Gasteiger partial charge in [0.2, 0.25) is 11.8 Å². The predicted octanol–water partition coefficient (Wildman–Crippen LogP) is 0.190. The quantitative estimate of drug-likeness (QED) is 0.593. The number of morpholine rings is 1. The van der Waals surface area contributed by atoms with Gasteiger partial charge in [-0.25, -0.2) is 0 Å². The van der Waals surface area contributed by atoms with E-state index in [9.17, 15) is 9.59 Å². The van der Waals surface area contributed by atoms with Gasteiger partial charge in [0.25, 0.3) is 0 Å². The number of piperazine rings is 1. The van der Waals surface area contributed by atoms with Crippen molar-refractivity contribution in [3.8, 4) is 0 Å². The highest BCUT2D eigenvalue weighted by Crippen LogP contribution is 2.15. The molecule has 0 atom stereocenters. The molecule has 0 radical (unpaired) electrons. The molecule has 0 bridgehead atoms. The molecule has 29 heavy (non-hydrogen) atoms. The third kappa shape index (κ3) is 7.30. The summed E-state index contributed by atoms with van der Waals surface area (Å²) in [6, 6.07) is 10.2. The number of benzene rings is 1. The molecule has 2 fully saturated rings. The molecule has 2 aliphatic rings. The zero-order valence-corrected chi connectivity index (χ0v) is 17.1. The number of carbonyl (C=O) groups excluding carboxylic acids is 2. The maximum Gasteiger partial charge on any atom is 0.248 e. The Hall–Kier alpha value is -2.16. The summed E-state index contributed by atoms with van der Waals surface area (Å²) >= 11 is 0. The zero-order valence-electron chi connectivity index (χ0n) is 17.1. The maximum absolute atomic E-state index is 12.3. The van der Waals surface area contributed by atoms with E-state index in [0.29, 0.717) is 19.6 Å². The third-order valence-electron chi connectivity index (χ3n) is 5.29. The summed E-state index contributed by atoms with van der Waals surface area (Å²) < 4.78 is 10.6. The average molecular weight is 405 g/mol. The Kier molecular flexibility index (Phi) is 8.73. The molecule has 2 aliphatic heterocycles. The molecule has 1 N–H and O–H groups in total. The van der Waals surface area contributed by atoms with Crippen LogP contribution in [0.2, 0.25) is 0 Å². The molecule has 1 aromatic carbocycles. The fourth-order valence-corrected chi connectivity index (χ4v) is 3.58. The van der Waals surface area contributed by atoms with Gasteiger partial charge >= 0.3 is 0 Å². The van der Waals surface area contributed by atoms with Gasteiger partial charge < -0.3 is 24.6 Å². The van der Waals surface area contributed by atoms with E-state index in [2.05, 4.69) is 27.2 Å². The van der Waals surface area contributed by atoms with Gasteiger partial charge in [-0.1, -0.05) is 18.2 Å². The van der Waals surface area contributed by atoms with Crippen LogP contribution in [-0.2, 0) is 19.1 Å². The number of hydrogen-bond donors (Lipinski definition) is 1. The number of para-hydroxylation sites is 1. The lowest BCUT2D eigenvalue weighted by atomic mass is 10.2. The van der Waals surface area contributed by atoms with Gasteiger partial charge in [0.15, 0.2) is 0 Å². The highest BCUT2D eigenvalue weighted by Gasteiger charge is 2.21. The Labute approximate surface area is 172 Å². The van der Waals surface area contributed by atoms with Crippen LogP contribution in [0.3, 0.4) is 0 Å². The molecule has 0 aliphatic carbocycles. The Balaban J connectivity index is 1.23. The molecule has 1 aromatic rings. The highest BCUT2D eigenvalue weighted by atomic mass is 16.5. The summed E-state index contributed by atoms with van der Waals surface area (Å²) in [6.45, 7) is 7.89. The summed E-state index contributed by atoms with van der Waals surface area (Å²) in [7, 11) is 0. The minimum absolute atomic E-state index is 0.0491. The number of rotatable bonds is 9. The van der Waals surface area contributed by atoms with Crippen LogP contribution in [-0.4, -0.2) is 100 Å². The Morgan fingerprint density at radius 2 is 1.69 bits per heavy atom. The number of ether oxygens (including phenoxy) is 2. The van der Waals surface area contributed by atoms with Crippen molar-refractivity contribution in [2.75, 3.05) is 83.7 Å². The van der Waals surface area contributed by atoms with Crippen LogP contribution < -0.4 is 10.2 Å². The molecule has 2 amide bonds. The molecule has 8 nitrogen and oxygen atoms in total. The van der Waals surface area contributed by atoms with Crippen LogP contribution in [0.1, 0.15) is 6.42 Å². The molecule has 3 rings (SSSR count). The summed E-state index contributed by atoms with van der Waals surface area (Å²) in [5.41, 5.74) is 1.18. The van der Waals surface area contributed by atoms with Crippen molar-refractivity contribution in [1.29, 1.82) is 0 Å². The lowest BCUT2D eigenvalue weighted by Gasteiger charge is -2.36. The number of nitrogens with one attached hydrogen (secondary N) is 1. The molecule has 2 saturated heterocycles. The second kappa shape index (κ2) is 11.7. The van der Waals surface area contributed by atoms with E-state index in [1.807, 2.05) is 18.2 Å². The molecule has 0 unspecified atom stereocenters. The average Bonchev–Trinajstić information content (AvgIpc) is 2.78. The fourth-order valence-electron chi connectivity index (χ4n) is 3.58. The first-order valence-electron chi connectivity index (χ1n) is 10.4. The molecular weight excluding hydrogens is 372 g/mol. The van der Waals surface area contributed by atoms with Gasteiger partial charge in [0.1, 0.15) is 13.2 Å². The number of carbonyl (C=O) groups is 2. The van der Waals surface area contributed by atoms with Crippen molar-refractivity contribution in [3.63, 3.8) is 0 Å². The van der Waals surface area contributed by atoms with Gasteiger partial charge in [0.05, 0.1) is 13.2 Å². The summed E-state index contributed by atoms with van der Waals surface area (Å²) in [6.07, 6.45) is 0.899. The predicted molar refractivity (Wildman–Crippen MR) is 111 cm³/mol. The fraction of sp³-hybridized carbons (Fsp3) is 0.619. The van der Waals surface area contributed by atoms with Crippen LogP contribution in [0.25, 0.3) is 0 Å². The molecule has 8 heteroatoms. The van der Waals surface area contributed by atoms with Crippen LogP contribution in [0.4, 0.5) is 5.69 Å². The van der Waals surface area contributed by atoms with E-state index in [-0.39, 0.29) is 25.0 Å². The van der Waals surface area contributed by atoms with E-state index in [1.165, 1.54) is 5.69 Å². The summed E-state index contributed by atoms with van der Waals surface area (Å²) in [5.74, 6) is -0.230. The first-order chi connectivity index (χ1) is 14.2. The Morgan fingerprint density at radius 3 is 2.41 bits per heavy atom. The number of nitrogens with zero attached hydrogens (tertiary/aromatic N) is 3. The van der Waals surface area contributed by atoms with Crippen LogP contribution >= 0.6 is 0 Å². The van der Waals surface area contributed by atoms with Gasteiger partial charge in [-0.3, -0.25) is 14.5 Å². The Bertz CT molecular complexity index is 629. The minimum atomic E-state index is -0.173. The van der Waals surface area contributed by atoms with Crippen molar-refractivity contribution in [2.45, 2.75) is 6.42 Å². The second-order valence-corrected chi connectivity index (χ2v) is 7.35. The normalized spacial score (nSPS) is 17.9. The standard InChI is InChI=1S/C21H32N4O4/c26-20(22-7-4-8-23-13-15-28-16-14-23)17-29-18-21(27)25-11-9-24(10-12-25)19-5-2-1-3-6-19/h1-3,5-6H,4,7-18H2,(H,22,26). The van der Waals surface area contributed by atoms with Gasteiger partial charge in [0, 0.05) is 51.5 Å². The Morgan fingerprint density at radius 1 is 0.966 bits per heavy atom. The van der Waals surface area contributed by atoms with Crippen molar-refractivity contribution in [1.82, 2.24) is 15.1 Å². The highest BCUT2D eigenvalue weighted by molar-refractivity contribution is 5.79. The van der Waals surface area contributed by atoms with Crippen LogP contribution in [0.5, 0.6) is 0 Å². The smallest absolute Gasteiger partial charge is 0.248 e. The topological polar surface area (TPSA) is 74.4 Å². The minimum Gasteiger partial charge on any atom is -0.379 e. The van der Waals surface area contributed by atoms with Gasteiger partial charge in [-0.05, 0) is 25.1 Å². The first kappa shape index (κ1) is 21.5. The van der Waals surface area contributed by atoms with E-state index >= 15 is 0 Å². The zero-order chi connectivity index (χ0) is 20.3. The largest absolute Gasteiger partial charge is 0.379 e. The van der Waals surface area contributed by atoms with Crippen LogP contribution in [0, 0.1) is 0 Å². The van der Waals surface area contributed by atoms with Crippen molar-refractivity contribution >= 4 is 17.5 Å². The van der Waals surface area contributed by atoms with Crippen molar-refractivity contribution in [2.24, 2.45) is 0 Å². The molecular formula is C21H32N4O4. The van der Waals surface area contributed by atoms with E-state index in [1.54, 1.807) is 4.90 Å². The van der Waals surface area contributed by atoms with E-state index < -0.39 is 0 Å². The van der Waals surface area contributed by atoms with Gasteiger partial charge in [-0.15, -0.1) is 0 Å². The second-order valence-electron chi connectivity index (χ2n) is 7.35. The first-order valence-corrected chi connectivity index (χ1v) is 10.4. The van der Waals surface area contributed by atoms with E-state index in [4.69, 9.17) is 9.47 Å². The van der Waals surface area contributed by atoms with Gasteiger partial charge in [-0.2, -0.15) is 0 Å². The number of hydrogen-bond acceptors (Lipinski definition) is 6. The van der Waals surface area contributed by atoms with E-state index in [0.717, 1.165) is 52.4 Å². The number of anilines is 1. The summed E-state index contributed by atoms with van der Waals surface area (Å²) in [5, 5.41) is 2.85.